The van der Waals surface area contributed by atoms with Crippen molar-refractivity contribution in [2.45, 2.75) is 6.54 Å². The smallest absolute Gasteiger partial charge is 0.129 e. The van der Waals surface area contributed by atoms with E-state index >= 15 is 0 Å². The van der Waals surface area contributed by atoms with Crippen LogP contribution >= 0.6 is 11.6 Å². The van der Waals surface area contributed by atoms with E-state index in [2.05, 4.69) is 57.9 Å². The average molecular weight is 413 g/mol. The molecule has 0 radical (unpaired) electrons. The highest BCUT2D eigenvalue weighted by molar-refractivity contribution is 6.29. The van der Waals surface area contributed by atoms with E-state index in [1.807, 2.05) is 30.5 Å². The van der Waals surface area contributed by atoms with E-state index in [4.69, 9.17) is 11.6 Å². The van der Waals surface area contributed by atoms with E-state index in [0.717, 1.165) is 68.3 Å². The summed E-state index contributed by atoms with van der Waals surface area (Å²) in [5, 5.41) is 10.1. The molecule has 1 fully saturated rings. The molecule has 0 aliphatic carbocycles. The van der Waals surface area contributed by atoms with Crippen LogP contribution in [0.5, 0.6) is 0 Å². The highest BCUT2D eigenvalue weighted by Crippen LogP contribution is 2.22. The number of aromatic nitrogens is 1. The molecular formula is C22H29ClN6. The van der Waals surface area contributed by atoms with Gasteiger partial charge in [0.15, 0.2) is 0 Å². The normalized spacial score (nSPS) is 14.8. The number of hydrogen-bond acceptors (Lipinski definition) is 6. The van der Waals surface area contributed by atoms with Crippen molar-refractivity contribution in [3.8, 4) is 6.07 Å². The molecule has 0 N–H and O–H groups in total. The van der Waals surface area contributed by atoms with Gasteiger partial charge in [-0.15, -0.1) is 0 Å². The maximum absolute atomic E-state index is 9.55. The molecule has 154 valence electrons. The molecule has 1 aromatic heterocycles. The van der Waals surface area contributed by atoms with E-state index in [0.29, 0.717) is 5.15 Å². The van der Waals surface area contributed by atoms with Crippen molar-refractivity contribution in [2.75, 3.05) is 70.2 Å². The molecule has 3 rings (SSSR count). The van der Waals surface area contributed by atoms with Crippen LogP contribution in [0.2, 0.25) is 5.15 Å². The number of anilines is 2. The fourth-order valence-corrected chi connectivity index (χ4v) is 3.61. The molecule has 2 aromatic rings. The standard InChI is InChI=1S/C22H29ClN6/c1-26(2)8-9-27(3)20-5-4-18(15-24)19(14-20)17-28-10-12-29(13-11-28)21-6-7-22(23)25-16-21/h4-7,14,16H,8-13,17H2,1-3H3. The summed E-state index contributed by atoms with van der Waals surface area (Å²) in [4.78, 5) is 13.4. The van der Waals surface area contributed by atoms with Crippen LogP contribution in [0.1, 0.15) is 11.1 Å². The van der Waals surface area contributed by atoms with Gasteiger partial charge in [0.25, 0.3) is 0 Å². The summed E-state index contributed by atoms with van der Waals surface area (Å²) in [6.07, 6.45) is 1.83. The summed E-state index contributed by atoms with van der Waals surface area (Å²) >= 11 is 5.89. The van der Waals surface area contributed by atoms with Gasteiger partial charge in [-0.1, -0.05) is 11.6 Å². The van der Waals surface area contributed by atoms with Crippen molar-refractivity contribution in [2.24, 2.45) is 0 Å². The summed E-state index contributed by atoms with van der Waals surface area (Å²) in [6.45, 7) is 6.52. The lowest BCUT2D eigenvalue weighted by Gasteiger charge is -2.36. The topological polar surface area (TPSA) is 49.6 Å². The van der Waals surface area contributed by atoms with Gasteiger partial charge in [0, 0.05) is 58.5 Å². The van der Waals surface area contributed by atoms with Gasteiger partial charge in [-0.05, 0) is 50.0 Å². The lowest BCUT2D eigenvalue weighted by Crippen LogP contribution is -2.46. The molecule has 1 aliphatic rings. The SMILES string of the molecule is CN(C)CCN(C)c1ccc(C#N)c(CN2CCN(c3ccc(Cl)nc3)CC2)c1. The molecule has 0 amide bonds. The second-order valence-electron chi connectivity index (χ2n) is 7.78. The van der Waals surface area contributed by atoms with Gasteiger partial charge in [0.2, 0.25) is 0 Å². The van der Waals surface area contributed by atoms with Crippen molar-refractivity contribution in [3.63, 3.8) is 0 Å². The summed E-state index contributed by atoms with van der Waals surface area (Å²) in [7, 11) is 6.27. The zero-order valence-corrected chi connectivity index (χ0v) is 18.2. The van der Waals surface area contributed by atoms with Crippen molar-refractivity contribution in [3.05, 3.63) is 52.8 Å². The number of nitriles is 1. The maximum Gasteiger partial charge on any atom is 0.129 e. The minimum Gasteiger partial charge on any atom is -0.373 e. The van der Waals surface area contributed by atoms with Crippen LogP contribution in [0.25, 0.3) is 0 Å². The van der Waals surface area contributed by atoms with E-state index in [9.17, 15) is 5.26 Å². The summed E-state index contributed by atoms with van der Waals surface area (Å²) in [5.74, 6) is 0. The fraction of sp³-hybridized carbons (Fsp3) is 0.455. The van der Waals surface area contributed by atoms with E-state index in [-0.39, 0.29) is 0 Å². The molecule has 1 aromatic carbocycles. The minimum absolute atomic E-state index is 0.520. The zero-order valence-electron chi connectivity index (χ0n) is 17.5. The lowest BCUT2D eigenvalue weighted by molar-refractivity contribution is 0.249. The Hall–Kier alpha value is -2.33. The van der Waals surface area contributed by atoms with Gasteiger partial charge in [-0.2, -0.15) is 5.26 Å². The Labute approximate surface area is 178 Å². The Morgan fingerprint density at radius 1 is 1.07 bits per heavy atom. The number of piperazine rings is 1. The van der Waals surface area contributed by atoms with Crippen LogP contribution in [-0.2, 0) is 6.54 Å². The molecule has 0 bridgehead atoms. The molecule has 2 heterocycles. The number of pyridine rings is 1. The van der Waals surface area contributed by atoms with E-state index in [1.165, 1.54) is 0 Å². The summed E-state index contributed by atoms with van der Waals surface area (Å²) in [6, 6.07) is 12.4. The Morgan fingerprint density at radius 2 is 1.83 bits per heavy atom. The molecule has 7 heteroatoms. The molecule has 0 unspecified atom stereocenters. The van der Waals surface area contributed by atoms with Crippen molar-refractivity contribution < 1.29 is 0 Å². The third-order valence-corrected chi connectivity index (χ3v) is 5.60. The Bertz CT molecular complexity index is 837. The Balaban J connectivity index is 1.63. The third-order valence-electron chi connectivity index (χ3n) is 5.38. The number of likely N-dealkylation sites (N-methyl/N-ethyl adjacent to an activating group) is 2. The fourth-order valence-electron chi connectivity index (χ4n) is 3.50. The number of halogens is 1. The van der Waals surface area contributed by atoms with E-state index < -0.39 is 0 Å². The second kappa shape index (κ2) is 9.93. The van der Waals surface area contributed by atoms with Crippen LogP contribution in [-0.4, -0.2) is 75.2 Å². The van der Waals surface area contributed by atoms with Crippen LogP contribution in [0, 0.1) is 11.3 Å². The van der Waals surface area contributed by atoms with Gasteiger partial charge in [-0.25, -0.2) is 4.98 Å². The van der Waals surface area contributed by atoms with Gasteiger partial charge in [0.1, 0.15) is 5.15 Å². The molecule has 0 spiro atoms. The third kappa shape index (κ3) is 5.83. The summed E-state index contributed by atoms with van der Waals surface area (Å²) < 4.78 is 0. The molecule has 0 atom stereocenters. The number of benzene rings is 1. The molecule has 0 saturated carbocycles. The van der Waals surface area contributed by atoms with Gasteiger partial charge >= 0.3 is 0 Å². The quantitative estimate of drug-likeness (QED) is 0.652. The summed E-state index contributed by atoms with van der Waals surface area (Å²) in [5.41, 5.74) is 4.13. The molecular weight excluding hydrogens is 384 g/mol. The molecule has 1 saturated heterocycles. The van der Waals surface area contributed by atoms with Crippen molar-refractivity contribution in [1.82, 2.24) is 14.8 Å². The highest BCUT2D eigenvalue weighted by Gasteiger charge is 2.19. The lowest BCUT2D eigenvalue weighted by atomic mass is 10.1. The van der Waals surface area contributed by atoms with Crippen molar-refractivity contribution >= 4 is 23.0 Å². The average Bonchev–Trinajstić information content (AvgIpc) is 2.73. The van der Waals surface area contributed by atoms with Gasteiger partial charge < -0.3 is 14.7 Å². The predicted octanol–water partition coefficient (Wildman–Crippen LogP) is 2.93. The van der Waals surface area contributed by atoms with Crippen LogP contribution in [0.15, 0.2) is 36.5 Å². The van der Waals surface area contributed by atoms with Crippen LogP contribution < -0.4 is 9.80 Å². The minimum atomic E-state index is 0.520. The first kappa shape index (κ1) is 21.4. The maximum atomic E-state index is 9.55. The monoisotopic (exact) mass is 412 g/mol. The van der Waals surface area contributed by atoms with Gasteiger partial charge in [-0.3, -0.25) is 4.90 Å². The Kier molecular flexibility index (Phi) is 7.32. The van der Waals surface area contributed by atoms with Crippen molar-refractivity contribution in [1.29, 1.82) is 5.26 Å². The number of hydrogen-bond donors (Lipinski definition) is 0. The molecule has 6 nitrogen and oxygen atoms in total. The van der Waals surface area contributed by atoms with Gasteiger partial charge in [0.05, 0.1) is 23.5 Å². The van der Waals surface area contributed by atoms with E-state index in [1.54, 1.807) is 0 Å². The van der Waals surface area contributed by atoms with Crippen LogP contribution in [0.3, 0.4) is 0 Å². The second-order valence-corrected chi connectivity index (χ2v) is 8.17. The number of rotatable bonds is 7. The molecule has 1 aliphatic heterocycles. The first-order valence-electron chi connectivity index (χ1n) is 9.94. The first-order valence-corrected chi connectivity index (χ1v) is 10.3. The zero-order chi connectivity index (χ0) is 20.8. The number of nitrogens with zero attached hydrogens (tertiary/aromatic N) is 6. The largest absolute Gasteiger partial charge is 0.373 e. The van der Waals surface area contributed by atoms with Crippen LogP contribution in [0.4, 0.5) is 11.4 Å². The Morgan fingerprint density at radius 3 is 2.45 bits per heavy atom. The predicted molar refractivity (Wildman–Crippen MR) is 120 cm³/mol. The highest BCUT2D eigenvalue weighted by atomic mass is 35.5. The molecule has 29 heavy (non-hydrogen) atoms. The first-order chi connectivity index (χ1) is 14.0.